The highest BCUT2D eigenvalue weighted by Gasteiger charge is 2.28. The topological polar surface area (TPSA) is 12.0 Å². The van der Waals surface area contributed by atoms with Crippen molar-refractivity contribution in [2.24, 2.45) is 0 Å². The van der Waals surface area contributed by atoms with Crippen LogP contribution < -0.4 is 5.32 Å². The van der Waals surface area contributed by atoms with Crippen molar-refractivity contribution in [3.8, 4) is 0 Å². The monoisotopic (exact) mass is 303 g/mol. The third-order valence-electron chi connectivity index (χ3n) is 4.45. The van der Waals surface area contributed by atoms with Gasteiger partial charge in [-0.1, -0.05) is 41.9 Å². The third kappa shape index (κ3) is 2.97. The highest BCUT2D eigenvalue weighted by atomic mass is 35.5. The summed E-state index contributed by atoms with van der Waals surface area (Å²) in [6, 6.07) is 13.7. The van der Waals surface area contributed by atoms with Crippen molar-refractivity contribution in [3.63, 3.8) is 0 Å². The molecule has 0 spiro atoms. The van der Waals surface area contributed by atoms with Crippen molar-refractivity contribution in [1.29, 1.82) is 0 Å². The summed E-state index contributed by atoms with van der Waals surface area (Å²) in [5, 5.41) is 3.83. The molecular weight excluding hydrogens is 285 g/mol. The van der Waals surface area contributed by atoms with Gasteiger partial charge in [-0.05, 0) is 55.5 Å². The first-order valence-corrected chi connectivity index (χ1v) is 7.74. The standard InChI is InChI=1S/C18H19ClFN/c1-21-14(11-16-17(19)7-4-8-18(16)20)10-13-9-12-5-2-3-6-15(12)13/h2-8,13-14,21H,9-11H2,1H3. The maximum Gasteiger partial charge on any atom is 0.127 e. The van der Waals surface area contributed by atoms with Crippen LogP contribution in [0, 0.1) is 5.82 Å². The molecule has 2 atom stereocenters. The Labute approximate surface area is 130 Å². The van der Waals surface area contributed by atoms with Crippen LogP contribution in [0.1, 0.15) is 29.0 Å². The minimum absolute atomic E-state index is 0.211. The maximum atomic E-state index is 13.9. The van der Waals surface area contributed by atoms with E-state index < -0.39 is 0 Å². The molecule has 2 aromatic rings. The molecule has 0 fully saturated rings. The predicted octanol–water partition coefficient (Wildman–Crippen LogP) is 4.34. The molecule has 2 unspecified atom stereocenters. The Morgan fingerprint density at radius 2 is 2.05 bits per heavy atom. The average Bonchev–Trinajstić information content (AvgIpc) is 2.46. The number of nitrogens with one attached hydrogen (secondary N) is 1. The van der Waals surface area contributed by atoms with E-state index in [1.807, 2.05) is 7.05 Å². The van der Waals surface area contributed by atoms with Crippen LogP contribution in [-0.4, -0.2) is 13.1 Å². The summed E-state index contributed by atoms with van der Waals surface area (Å²) in [4.78, 5) is 0. The Balaban J connectivity index is 1.70. The number of rotatable bonds is 5. The zero-order valence-electron chi connectivity index (χ0n) is 12.1. The number of hydrogen-bond donors (Lipinski definition) is 1. The van der Waals surface area contributed by atoms with Crippen LogP contribution in [0.5, 0.6) is 0 Å². The van der Waals surface area contributed by atoms with Crippen LogP contribution >= 0.6 is 11.6 Å². The van der Waals surface area contributed by atoms with E-state index in [0.717, 1.165) is 12.8 Å². The molecule has 0 radical (unpaired) electrons. The lowest BCUT2D eigenvalue weighted by molar-refractivity contribution is 0.433. The molecule has 1 aliphatic carbocycles. The van der Waals surface area contributed by atoms with Gasteiger partial charge in [0.05, 0.1) is 0 Å². The molecule has 1 aliphatic rings. The lowest BCUT2D eigenvalue weighted by Gasteiger charge is -2.33. The number of likely N-dealkylation sites (N-methyl/N-ethyl adjacent to an activating group) is 1. The second-order valence-corrected chi connectivity index (χ2v) is 6.13. The van der Waals surface area contributed by atoms with Gasteiger partial charge in [-0.15, -0.1) is 0 Å². The Kier molecular flexibility index (Phi) is 4.27. The largest absolute Gasteiger partial charge is 0.317 e. The fourth-order valence-electron chi connectivity index (χ4n) is 3.19. The summed E-state index contributed by atoms with van der Waals surface area (Å²) in [6.07, 6.45) is 2.76. The number of hydrogen-bond acceptors (Lipinski definition) is 1. The molecule has 2 aromatic carbocycles. The van der Waals surface area contributed by atoms with Gasteiger partial charge in [0.1, 0.15) is 5.82 Å². The van der Waals surface area contributed by atoms with Gasteiger partial charge in [0.15, 0.2) is 0 Å². The van der Waals surface area contributed by atoms with E-state index in [4.69, 9.17) is 11.6 Å². The summed E-state index contributed by atoms with van der Waals surface area (Å²) in [7, 11) is 1.93. The van der Waals surface area contributed by atoms with E-state index in [2.05, 4.69) is 29.6 Å². The second kappa shape index (κ2) is 6.17. The van der Waals surface area contributed by atoms with Crippen LogP contribution in [-0.2, 0) is 12.8 Å². The molecular formula is C18H19ClFN. The fourth-order valence-corrected chi connectivity index (χ4v) is 3.43. The lowest BCUT2D eigenvalue weighted by Crippen LogP contribution is -2.33. The summed E-state index contributed by atoms with van der Waals surface area (Å²) >= 11 is 6.13. The molecule has 3 rings (SSSR count). The first-order valence-electron chi connectivity index (χ1n) is 7.37. The summed E-state index contributed by atoms with van der Waals surface area (Å²) < 4.78 is 13.9. The van der Waals surface area contributed by atoms with Crippen molar-refractivity contribution in [3.05, 3.63) is 70.0 Å². The molecule has 0 bridgehead atoms. The minimum atomic E-state index is -0.211. The van der Waals surface area contributed by atoms with Gasteiger partial charge >= 0.3 is 0 Å². The molecule has 0 aromatic heterocycles. The van der Waals surface area contributed by atoms with Crippen molar-refractivity contribution in [1.82, 2.24) is 5.32 Å². The zero-order valence-corrected chi connectivity index (χ0v) is 12.8. The smallest absolute Gasteiger partial charge is 0.127 e. The van der Waals surface area contributed by atoms with Gasteiger partial charge in [0.2, 0.25) is 0 Å². The quantitative estimate of drug-likeness (QED) is 0.866. The van der Waals surface area contributed by atoms with Gasteiger partial charge < -0.3 is 5.32 Å². The van der Waals surface area contributed by atoms with Gasteiger partial charge in [0.25, 0.3) is 0 Å². The van der Waals surface area contributed by atoms with Gasteiger partial charge in [-0.2, -0.15) is 0 Å². The Morgan fingerprint density at radius 1 is 1.24 bits per heavy atom. The summed E-state index contributed by atoms with van der Waals surface area (Å²) in [6.45, 7) is 0. The highest BCUT2D eigenvalue weighted by molar-refractivity contribution is 6.31. The predicted molar refractivity (Wildman–Crippen MR) is 85.5 cm³/mol. The van der Waals surface area contributed by atoms with Gasteiger partial charge in [-0.3, -0.25) is 0 Å². The highest BCUT2D eigenvalue weighted by Crippen LogP contribution is 2.38. The van der Waals surface area contributed by atoms with E-state index >= 15 is 0 Å². The first kappa shape index (κ1) is 14.6. The van der Waals surface area contributed by atoms with E-state index in [1.54, 1.807) is 12.1 Å². The van der Waals surface area contributed by atoms with Crippen LogP contribution in [0.3, 0.4) is 0 Å². The normalized spacial score (nSPS) is 18.0. The molecule has 0 amide bonds. The minimum Gasteiger partial charge on any atom is -0.317 e. The second-order valence-electron chi connectivity index (χ2n) is 5.73. The molecule has 3 heteroatoms. The van der Waals surface area contributed by atoms with E-state index in [1.165, 1.54) is 17.2 Å². The van der Waals surface area contributed by atoms with Crippen LogP contribution in [0.25, 0.3) is 0 Å². The van der Waals surface area contributed by atoms with Crippen molar-refractivity contribution in [2.45, 2.75) is 31.2 Å². The fraction of sp³-hybridized carbons (Fsp3) is 0.333. The van der Waals surface area contributed by atoms with Crippen molar-refractivity contribution >= 4 is 11.6 Å². The molecule has 1 N–H and O–H groups in total. The zero-order chi connectivity index (χ0) is 14.8. The molecule has 0 saturated heterocycles. The average molecular weight is 304 g/mol. The van der Waals surface area contributed by atoms with Crippen LogP contribution in [0.2, 0.25) is 5.02 Å². The lowest BCUT2D eigenvalue weighted by atomic mass is 9.74. The summed E-state index contributed by atoms with van der Waals surface area (Å²) in [5.41, 5.74) is 3.50. The number of halogens is 2. The first-order chi connectivity index (χ1) is 10.2. The Hall–Kier alpha value is -1.38. The molecule has 0 saturated carbocycles. The molecule has 0 aliphatic heterocycles. The SMILES string of the molecule is CNC(Cc1c(F)cccc1Cl)CC1Cc2ccccc21. The van der Waals surface area contributed by atoms with Crippen molar-refractivity contribution < 1.29 is 4.39 Å². The molecule has 21 heavy (non-hydrogen) atoms. The molecule has 0 heterocycles. The Morgan fingerprint density at radius 3 is 2.76 bits per heavy atom. The summed E-state index contributed by atoms with van der Waals surface area (Å²) in [5.74, 6) is 0.362. The van der Waals surface area contributed by atoms with E-state index in [0.29, 0.717) is 22.9 Å². The van der Waals surface area contributed by atoms with Crippen LogP contribution in [0.4, 0.5) is 4.39 Å². The molecule has 110 valence electrons. The van der Waals surface area contributed by atoms with E-state index in [9.17, 15) is 4.39 Å². The number of fused-ring (bicyclic) bond motifs is 1. The molecule has 1 nitrogen and oxygen atoms in total. The number of benzene rings is 2. The third-order valence-corrected chi connectivity index (χ3v) is 4.80. The van der Waals surface area contributed by atoms with Gasteiger partial charge in [-0.25, -0.2) is 4.39 Å². The van der Waals surface area contributed by atoms with Crippen LogP contribution in [0.15, 0.2) is 42.5 Å². The maximum absolute atomic E-state index is 13.9. The van der Waals surface area contributed by atoms with E-state index in [-0.39, 0.29) is 11.9 Å². The van der Waals surface area contributed by atoms with Crippen molar-refractivity contribution in [2.75, 3.05) is 7.05 Å². The van der Waals surface area contributed by atoms with Gasteiger partial charge in [0, 0.05) is 16.6 Å². The Bertz CT molecular complexity index is 621.